The van der Waals surface area contributed by atoms with Gasteiger partial charge in [0.1, 0.15) is 11.5 Å². The topological polar surface area (TPSA) is 97.8 Å². The maximum Gasteiger partial charge on any atom is 0.269 e. The van der Waals surface area contributed by atoms with Gasteiger partial charge in [-0.3, -0.25) is 4.79 Å². The summed E-state index contributed by atoms with van der Waals surface area (Å²) in [6.07, 6.45) is 9.21. The molecule has 0 aliphatic heterocycles. The van der Waals surface area contributed by atoms with E-state index in [4.69, 9.17) is 11.5 Å². The van der Waals surface area contributed by atoms with Crippen LogP contribution in [0.3, 0.4) is 0 Å². The van der Waals surface area contributed by atoms with E-state index in [1.165, 1.54) is 38.5 Å². The number of primary amides is 1. The molecule has 0 aromatic carbocycles. The van der Waals surface area contributed by atoms with Crippen molar-refractivity contribution in [3.05, 3.63) is 11.5 Å². The van der Waals surface area contributed by atoms with Gasteiger partial charge in [0, 0.05) is 6.42 Å². The summed E-state index contributed by atoms with van der Waals surface area (Å²) in [6.45, 7) is 0. The van der Waals surface area contributed by atoms with Crippen LogP contribution in [-0.4, -0.2) is 15.9 Å². The third-order valence-electron chi connectivity index (χ3n) is 5.73. The Bertz CT molecular complexity index is 527. The maximum absolute atomic E-state index is 11.3. The van der Waals surface area contributed by atoms with Crippen molar-refractivity contribution in [3.8, 4) is 0 Å². The SMILES string of the molecule is NC(=O)c1[nH]c(CC23CC4CC(CC(C4)C2)C3)nc1N. The molecule has 20 heavy (non-hydrogen) atoms. The van der Waals surface area contributed by atoms with Gasteiger partial charge in [-0.25, -0.2) is 4.98 Å². The Hall–Kier alpha value is -1.52. The molecule has 5 nitrogen and oxygen atoms in total. The van der Waals surface area contributed by atoms with E-state index >= 15 is 0 Å². The number of carbonyl (C=O) groups is 1. The molecule has 1 aromatic heterocycles. The number of aromatic amines is 1. The molecule has 0 unspecified atom stereocenters. The summed E-state index contributed by atoms with van der Waals surface area (Å²) in [4.78, 5) is 18.6. The van der Waals surface area contributed by atoms with E-state index in [1.807, 2.05) is 0 Å². The zero-order valence-electron chi connectivity index (χ0n) is 11.7. The summed E-state index contributed by atoms with van der Waals surface area (Å²) in [7, 11) is 0. The molecular weight excluding hydrogens is 252 g/mol. The van der Waals surface area contributed by atoms with Crippen molar-refractivity contribution in [1.82, 2.24) is 9.97 Å². The molecule has 5 N–H and O–H groups in total. The minimum atomic E-state index is -0.522. The number of anilines is 1. The number of hydrogen-bond donors (Lipinski definition) is 3. The number of nitrogens with one attached hydrogen (secondary N) is 1. The van der Waals surface area contributed by atoms with Gasteiger partial charge in [-0.2, -0.15) is 0 Å². The van der Waals surface area contributed by atoms with Gasteiger partial charge in [0.2, 0.25) is 0 Å². The Morgan fingerprint density at radius 1 is 1.20 bits per heavy atom. The first-order valence-corrected chi connectivity index (χ1v) is 7.67. The molecule has 5 heteroatoms. The Labute approximate surface area is 118 Å². The molecule has 108 valence electrons. The highest BCUT2D eigenvalue weighted by atomic mass is 16.1. The molecule has 4 aliphatic rings. The number of nitrogens with two attached hydrogens (primary N) is 2. The number of rotatable bonds is 3. The highest BCUT2D eigenvalue weighted by Gasteiger charge is 2.51. The maximum atomic E-state index is 11.3. The van der Waals surface area contributed by atoms with Gasteiger partial charge >= 0.3 is 0 Å². The molecule has 5 rings (SSSR count). The molecule has 4 aliphatic carbocycles. The molecule has 0 saturated heterocycles. The second-order valence-electron chi connectivity index (χ2n) is 7.40. The Morgan fingerprint density at radius 2 is 1.75 bits per heavy atom. The quantitative estimate of drug-likeness (QED) is 0.784. The highest BCUT2D eigenvalue weighted by molar-refractivity contribution is 5.95. The monoisotopic (exact) mass is 274 g/mol. The fraction of sp³-hybridized carbons (Fsp3) is 0.733. The molecule has 0 spiro atoms. The summed E-state index contributed by atoms with van der Waals surface area (Å²) < 4.78 is 0. The van der Waals surface area contributed by atoms with Crippen molar-refractivity contribution < 1.29 is 4.79 Å². The Balaban J connectivity index is 1.59. The largest absolute Gasteiger partial charge is 0.382 e. The predicted molar refractivity (Wildman–Crippen MR) is 75.8 cm³/mol. The van der Waals surface area contributed by atoms with Crippen LogP contribution >= 0.6 is 0 Å². The average molecular weight is 274 g/mol. The summed E-state index contributed by atoms with van der Waals surface area (Å²) >= 11 is 0. The highest BCUT2D eigenvalue weighted by Crippen LogP contribution is 2.60. The number of hydrogen-bond acceptors (Lipinski definition) is 3. The molecule has 1 heterocycles. The first-order chi connectivity index (χ1) is 9.53. The molecule has 4 fully saturated rings. The fourth-order valence-electron chi connectivity index (χ4n) is 5.57. The van der Waals surface area contributed by atoms with Crippen molar-refractivity contribution in [2.45, 2.75) is 44.9 Å². The lowest BCUT2D eigenvalue weighted by atomic mass is 9.49. The molecule has 0 atom stereocenters. The van der Waals surface area contributed by atoms with Crippen LogP contribution in [-0.2, 0) is 6.42 Å². The smallest absolute Gasteiger partial charge is 0.269 e. The van der Waals surface area contributed by atoms with Gasteiger partial charge in [0.15, 0.2) is 5.82 Å². The van der Waals surface area contributed by atoms with E-state index in [2.05, 4.69) is 9.97 Å². The number of nitrogens with zero attached hydrogens (tertiary/aromatic N) is 1. The third kappa shape index (κ3) is 1.83. The van der Waals surface area contributed by atoms with Crippen LogP contribution in [0, 0.1) is 23.2 Å². The summed E-state index contributed by atoms with van der Waals surface area (Å²) in [5.74, 6) is 3.33. The molecule has 1 aromatic rings. The van der Waals surface area contributed by atoms with Gasteiger partial charge in [0.25, 0.3) is 5.91 Å². The van der Waals surface area contributed by atoms with Crippen molar-refractivity contribution in [2.75, 3.05) is 5.73 Å². The molecular formula is C15H22N4O. The van der Waals surface area contributed by atoms with Crippen LogP contribution in [0.15, 0.2) is 0 Å². The number of amides is 1. The van der Waals surface area contributed by atoms with Crippen molar-refractivity contribution in [2.24, 2.45) is 28.9 Å². The first kappa shape index (κ1) is 12.2. The van der Waals surface area contributed by atoms with E-state index in [9.17, 15) is 4.79 Å². The molecule has 4 bridgehead atoms. The molecule has 0 radical (unpaired) electrons. The van der Waals surface area contributed by atoms with Crippen LogP contribution in [0.1, 0.15) is 54.8 Å². The zero-order chi connectivity index (χ0) is 13.9. The van der Waals surface area contributed by atoms with Crippen LogP contribution in [0.25, 0.3) is 0 Å². The standard InChI is InChI=1S/C15H22N4O/c16-13-12(14(17)20)18-11(19-13)7-15-4-8-1-9(5-15)3-10(2-8)6-15/h8-10H,1-7,16H2,(H2,17,20)(H,18,19). The second kappa shape index (κ2) is 3.99. The lowest BCUT2D eigenvalue weighted by Crippen LogP contribution is -2.47. The van der Waals surface area contributed by atoms with E-state index < -0.39 is 5.91 Å². The number of imidazole rings is 1. The van der Waals surface area contributed by atoms with Gasteiger partial charge in [-0.15, -0.1) is 0 Å². The van der Waals surface area contributed by atoms with E-state index in [0.717, 1.165) is 30.0 Å². The predicted octanol–water partition coefficient (Wildman–Crippen LogP) is 1.85. The zero-order valence-corrected chi connectivity index (χ0v) is 11.7. The second-order valence-corrected chi connectivity index (χ2v) is 7.40. The first-order valence-electron chi connectivity index (χ1n) is 7.67. The van der Waals surface area contributed by atoms with Gasteiger partial charge in [-0.1, -0.05) is 0 Å². The van der Waals surface area contributed by atoms with Crippen LogP contribution in [0.5, 0.6) is 0 Å². The van der Waals surface area contributed by atoms with Crippen molar-refractivity contribution in [1.29, 1.82) is 0 Å². The number of aromatic nitrogens is 2. The number of nitrogen functional groups attached to an aromatic ring is 1. The van der Waals surface area contributed by atoms with E-state index in [1.54, 1.807) is 0 Å². The molecule has 1 amide bonds. The lowest BCUT2D eigenvalue weighted by Gasteiger charge is -2.56. The number of H-pyrrole nitrogens is 1. The average Bonchev–Trinajstić information content (AvgIpc) is 2.67. The van der Waals surface area contributed by atoms with Crippen LogP contribution < -0.4 is 11.5 Å². The molecule has 4 saturated carbocycles. The third-order valence-corrected chi connectivity index (χ3v) is 5.73. The van der Waals surface area contributed by atoms with Crippen LogP contribution in [0.4, 0.5) is 5.82 Å². The summed E-state index contributed by atoms with van der Waals surface area (Å²) in [6, 6.07) is 0. The Morgan fingerprint density at radius 3 is 2.20 bits per heavy atom. The normalized spacial score (nSPS) is 38.3. The van der Waals surface area contributed by atoms with Gasteiger partial charge < -0.3 is 16.5 Å². The fourth-order valence-corrected chi connectivity index (χ4v) is 5.57. The van der Waals surface area contributed by atoms with E-state index in [0.29, 0.717) is 5.41 Å². The van der Waals surface area contributed by atoms with Gasteiger partial charge in [0.05, 0.1) is 0 Å². The summed E-state index contributed by atoms with van der Waals surface area (Å²) in [5, 5.41) is 0. The van der Waals surface area contributed by atoms with Gasteiger partial charge in [-0.05, 0) is 61.7 Å². The Kier molecular flexibility index (Phi) is 2.44. The minimum Gasteiger partial charge on any atom is -0.382 e. The lowest BCUT2D eigenvalue weighted by molar-refractivity contribution is -0.0530. The summed E-state index contributed by atoms with van der Waals surface area (Å²) in [5.41, 5.74) is 11.7. The van der Waals surface area contributed by atoms with Crippen molar-refractivity contribution in [3.63, 3.8) is 0 Å². The van der Waals surface area contributed by atoms with Crippen LogP contribution in [0.2, 0.25) is 0 Å². The number of carbonyl (C=O) groups excluding carboxylic acids is 1. The van der Waals surface area contributed by atoms with E-state index in [-0.39, 0.29) is 11.5 Å². The van der Waals surface area contributed by atoms with Crippen molar-refractivity contribution >= 4 is 11.7 Å². The minimum absolute atomic E-state index is 0.247.